The molecule has 0 atom stereocenters. The summed E-state index contributed by atoms with van der Waals surface area (Å²) in [5, 5.41) is 23.8. The summed E-state index contributed by atoms with van der Waals surface area (Å²) in [6.07, 6.45) is 0. The maximum absolute atomic E-state index is 13.3. The Labute approximate surface area is 194 Å². The normalized spacial score (nSPS) is 11.1. The molecule has 170 valence electrons. The summed E-state index contributed by atoms with van der Waals surface area (Å²) in [6, 6.07) is 13.2. The summed E-state index contributed by atoms with van der Waals surface area (Å²) in [5.41, 5.74) is 1.84. The number of hydrogen-bond acceptors (Lipinski definition) is 9. The van der Waals surface area contributed by atoms with Gasteiger partial charge >= 0.3 is 5.97 Å². The highest BCUT2D eigenvalue weighted by atomic mass is 32.1. The topological polar surface area (TPSA) is 126 Å². The molecule has 0 N–H and O–H groups in total. The summed E-state index contributed by atoms with van der Waals surface area (Å²) in [4.78, 5) is 24.0. The number of hydrogen-bond donors (Lipinski definition) is 0. The van der Waals surface area contributed by atoms with Gasteiger partial charge in [-0.25, -0.2) is 13.9 Å². The van der Waals surface area contributed by atoms with E-state index >= 15 is 0 Å². The van der Waals surface area contributed by atoms with Gasteiger partial charge in [0.25, 0.3) is 11.6 Å². The number of benzene rings is 2. The highest BCUT2D eigenvalue weighted by molar-refractivity contribution is 7.20. The van der Waals surface area contributed by atoms with Gasteiger partial charge in [-0.1, -0.05) is 0 Å². The van der Waals surface area contributed by atoms with E-state index in [9.17, 15) is 19.3 Å². The first-order valence-corrected chi connectivity index (χ1v) is 10.7. The second kappa shape index (κ2) is 8.48. The van der Waals surface area contributed by atoms with Crippen molar-refractivity contribution in [3.05, 3.63) is 87.0 Å². The molecule has 3 aromatic heterocycles. The molecule has 0 radical (unpaired) electrons. The van der Waals surface area contributed by atoms with Gasteiger partial charge in [-0.05, 0) is 49.4 Å². The second-order valence-corrected chi connectivity index (χ2v) is 8.21. The average molecular weight is 479 g/mol. The first kappa shape index (κ1) is 21.4. The van der Waals surface area contributed by atoms with E-state index in [1.165, 1.54) is 47.7 Å². The number of fused-ring (bicyclic) bond motifs is 1. The Hall–Kier alpha value is -4.45. The third kappa shape index (κ3) is 4.01. The minimum absolute atomic E-state index is 0.0569. The highest BCUT2D eigenvalue weighted by Crippen LogP contribution is 2.31. The monoisotopic (exact) mass is 479 g/mol. The van der Waals surface area contributed by atoms with E-state index < -0.39 is 10.9 Å². The first-order chi connectivity index (χ1) is 16.4. The fourth-order valence-corrected chi connectivity index (χ4v) is 4.33. The van der Waals surface area contributed by atoms with Crippen molar-refractivity contribution in [1.82, 2.24) is 20.0 Å². The van der Waals surface area contributed by atoms with Gasteiger partial charge in [0, 0.05) is 23.1 Å². The van der Waals surface area contributed by atoms with Crippen LogP contribution >= 0.6 is 11.3 Å². The predicted molar refractivity (Wildman–Crippen MR) is 119 cm³/mol. The van der Waals surface area contributed by atoms with E-state index in [4.69, 9.17) is 9.15 Å². The molecular weight excluding hydrogens is 465 g/mol. The predicted octanol–water partition coefficient (Wildman–Crippen LogP) is 4.85. The number of ether oxygens (including phenoxy) is 1. The zero-order valence-electron chi connectivity index (χ0n) is 17.5. The quantitative estimate of drug-likeness (QED) is 0.192. The Morgan fingerprint density at radius 3 is 2.62 bits per heavy atom. The molecule has 0 aliphatic rings. The average Bonchev–Trinajstić information content (AvgIpc) is 3.55. The van der Waals surface area contributed by atoms with Crippen LogP contribution < -0.4 is 0 Å². The number of nitro benzene ring substituents is 1. The van der Waals surface area contributed by atoms with Crippen molar-refractivity contribution in [2.45, 2.75) is 13.5 Å². The number of halogens is 1. The van der Waals surface area contributed by atoms with Crippen LogP contribution in [0.25, 0.3) is 27.4 Å². The lowest BCUT2D eigenvalue weighted by Gasteiger charge is -2.02. The maximum atomic E-state index is 13.3. The van der Waals surface area contributed by atoms with Gasteiger partial charge in [0.15, 0.2) is 6.61 Å². The van der Waals surface area contributed by atoms with Gasteiger partial charge in [-0.15, -0.1) is 21.5 Å². The Kier molecular flexibility index (Phi) is 5.34. The van der Waals surface area contributed by atoms with Gasteiger partial charge in [0.2, 0.25) is 5.89 Å². The third-order valence-corrected chi connectivity index (χ3v) is 6.03. The van der Waals surface area contributed by atoms with Crippen molar-refractivity contribution in [3.8, 4) is 17.1 Å². The number of carbonyl (C=O) groups excluding carboxylic acids is 1. The molecular formula is C22H14FN5O5S. The number of aromatic nitrogens is 4. The fraction of sp³-hybridized carbons (Fsp3) is 0.0909. The fourth-order valence-electron chi connectivity index (χ4n) is 3.26. The largest absolute Gasteiger partial charge is 0.451 e. The minimum atomic E-state index is -0.568. The van der Waals surface area contributed by atoms with Gasteiger partial charge in [0.05, 0.1) is 16.3 Å². The molecule has 0 unspecified atom stereocenters. The Bertz CT molecular complexity index is 1520. The molecule has 0 saturated carbocycles. The first-order valence-electron chi connectivity index (χ1n) is 9.88. The molecule has 0 spiro atoms. The number of esters is 1. The summed E-state index contributed by atoms with van der Waals surface area (Å²) < 4.78 is 25.7. The molecule has 3 heterocycles. The number of aryl methyl sites for hydroxylation is 1. The Morgan fingerprint density at radius 1 is 1.18 bits per heavy atom. The molecule has 10 nitrogen and oxygen atoms in total. The van der Waals surface area contributed by atoms with Gasteiger partial charge < -0.3 is 9.15 Å². The standard InChI is InChI=1S/C22H14FN5O5S/c1-12-17-10-18(34-21(17)27(26-12)15-8-4-14(23)5-9-15)22(29)32-11-19-24-25-20(33-19)13-2-6-16(7-3-13)28(30)31/h2-10H,11H2,1H3. The van der Waals surface area contributed by atoms with E-state index in [0.29, 0.717) is 16.1 Å². The Balaban J connectivity index is 1.30. The summed E-state index contributed by atoms with van der Waals surface area (Å²) >= 11 is 1.20. The lowest BCUT2D eigenvalue weighted by molar-refractivity contribution is -0.384. The summed E-state index contributed by atoms with van der Waals surface area (Å²) in [6.45, 7) is 1.58. The van der Waals surface area contributed by atoms with Crippen molar-refractivity contribution >= 4 is 33.2 Å². The molecule has 5 rings (SSSR count). The van der Waals surface area contributed by atoms with Crippen molar-refractivity contribution in [2.24, 2.45) is 0 Å². The van der Waals surface area contributed by atoms with Crippen LogP contribution in [0.2, 0.25) is 0 Å². The van der Waals surface area contributed by atoms with Gasteiger partial charge in [-0.3, -0.25) is 10.1 Å². The van der Waals surface area contributed by atoms with Crippen molar-refractivity contribution < 1.29 is 23.3 Å². The summed E-state index contributed by atoms with van der Waals surface area (Å²) in [7, 11) is 0. The van der Waals surface area contributed by atoms with Crippen LogP contribution in [0.4, 0.5) is 10.1 Å². The van der Waals surface area contributed by atoms with E-state index in [2.05, 4.69) is 15.3 Å². The third-order valence-electron chi connectivity index (χ3n) is 4.94. The molecule has 0 aliphatic carbocycles. The number of carbonyl (C=O) groups is 1. The lowest BCUT2D eigenvalue weighted by atomic mass is 10.2. The van der Waals surface area contributed by atoms with Crippen molar-refractivity contribution in [3.63, 3.8) is 0 Å². The molecule has 5 aromatic rings. The van der Waals surface area contributed by atoms with Gasteiger partial charge in [-0.2, -0.15) is 5.10 Å². The summed E-state index contributed by atoms with van der Waals surface area (Å²) in [5.74, 6) is -0.687. The minimum Gasteiger partial charge on any atom is -0.451 e. The van der Waals surface area contributed by atoms with E-state index in [1.807, 2.05) is 6.92 Å². The zero-order chi connectivity index (χ0) is 23.8. The van der Waals surface area contributed by atoms with E-state index in [0.717, 1.165) is 15.9 Å². The SMILES string of the molecule is Cc1nn(-c2ccc(F)cc2)c2sc(C(=O)OCc3nnc(-c4ccc([N+](=O)[O-])cc4)o3)cc12. The number of rotatable bonds is 6. The number of nitrogens with zero attached hydrogens (tertiary/aromatic N) is 5. The van der Waals surface area contributed by atoms with Gasteiger partial charge in [0.1, 0.15) is 15.5 Å². The Morgan fingerprint density at radius 2 is 1.91 bits per heavy atom. The van der Waals surface area contributed by atoms with Crippen LogP contribution in [-0.2, 0) is 11.3 Å². The smallest absolute Gasteiger partial charge is 0.348 e. The zero-order valence-corrected chi connectivity index (χ0v) is 18.3. The molecule has 0 bridgehead atoms. The molecule has 12 heteroatoms. The van der Waals surface area contributed by atoms with Crippen LogP contribution in [-0.4, -0.2) is 30.9 Å². The van der Waals surface area contributed by atoms with E-state index in [-0.39, 0.29) is 29.9 Å². The highest BCUT2D eigenvalue weighted by Gasteiger charge is 2.19. The van der Waals surface area contributed by atoms with Crippen LogP contribution in [0.3, 0.4) is 0 Å². The lowest BCUT2D eigenvalue weighted by Crippen LogP contribution is -2.03. The van der Waals surface area contributed by atoms with Crippen molar-refractivity contribution in [1.29, 1.82) is 0 Å². The van der Waals surface area contributed by atoms with Crippen LogP contribution in [0.5, 0.6) is 0 Å². The molecule has 0 fully saturated rings. The van der Waals surface area contributed by atoms with Crippen molar-refractivity contribution in [2.75, 3.05) is 0 Å². The molecule has 0 saturated heterocycles. The van der Waals surface area contributed by atoms with Crippen LogP contribution in [0.15, 0.2) is 59.0 Å². The van der Waals surface area contributed by atoms with E-state index in [1.54, 1.807) is 22.9 Å². The maximum Gasteiger partial charge on any atom is 0.348 e. The second-order valence-electron chi connectivity index (χ2n) is 7.18. The molecule has 34 heavy (non-hydrogen) atoms. The number of nitro groups is 1. The molecule has 0 aliphatic heterocycles. The van der Waals surface area contributed by atoms with Crippen LogP contribution in [0.1, 0.15) is 21.3 Å². The van der Waals surface area contributed by atoms with Crippen LogP contribution in [0, 0.1) is 22.9 Å². The molecule has 0 amide bonds. The number of thiophene rings is 1. The number of non-ortho nitro benzene ring substituents is 1. The molecule has 2 aromatic carbocycles.